The average Bonchev–Trinajstić information content (AvgIpc) is 2.59. The fourth-order valence-electron chi connectivity index (χ4n) is 1.17. The van der Waals surface area contributed by atoms with Crippen molar-refractivity contribution in [3.8, 4) is 0 Å². The SMILES string of the molecule is CC(C)C1CSC(=NCCSC(F)(F)F)N1. The Morgan fingerprint density at radius 1 is 1.56 bits per heavy atom. The van der Waals surface area contributed by atoms with E-state index in [1.807, 2.05) is 0 Å². The third-order valence-electron chi connectivity index (χ3n) is 2.13. The van der Waals surface area contributed by atoms with Crippen molar-refractivity contribution in [1.29, 1.82) is 0 Å². The van der Waals surface area contributed by atoms with Crippen molar-refractivity contribution >= 4 is 28.7 Å². The summed E-state index contributed by atoms with van der Waals surface area (Å²) in [6.45, 7) is 4.44. The molecule has 0 aromatic carbocycles. The molecule has 0 radical (unpaired) electrons. The monoisotopic (exact) mass is 272 g/mol. The van der Waals surface area contributed by atoms with Gasteiger partial charge in [-0.2, -0.15) is 13.2 Å². The van der Waals surface area contributed by atoms with Crippen LogP contribution in [0.4, 0.5) is 13.2 Å². The van der Waals surface area contributed by atoms with Crippen LogP contribution in [0.25, 0.3) is 0 Å². The minimum atomic E-state index is -4.14. The molecule has 1 saturated heterocycles. The Morgan fingerprint density at radius 3 is 2.75 bits per heavy atom. The summed E-state index contributed by atoms with van der Waals surface area (Å²) < 4.78 is 35.5. The molecule has 1 fully saturated rings. The van der Waals surface area contributed by atoms with Crippen LogP contribution in [0.3, 0.4) is 0 Å². The topological polar surface area (TPSA) is 24.4 Å². The lowest BCUT2D eigenvalue weighted by molar-refractivity contribution is -0.0327. The number of rotatable bonds is 4. The fourth-order valence-corrected chi connectivity index (χ4v) is 2.81. The van der Waals surface area contributed by atoms with Crippen LogP contribution < -0.4 is 5.32 Å². The molecule has 0 aromatic rings. The van der Waals surface area contributed by atoms with E-state index in [4.69, 9.17) is 0 Å². The van der Waals surface area contributed by atoms with E-state index < -0.39 is 5.51 Å². The Kier molecular flexibility index (Phi) is 5.30. The molecule has 0 spiro atoms. The van der Waals surface area contributed by atoms with Crippen LogP contribution in [0.5, 0.6) is 0 Å². The van der Waals surface area contributed by atoms with E-state index in [-0.39, 0.29) is 24.1 Å². The van der Waals surface area contributed by atoms with E-state index in [1.165, 1.54) is 0 Å². The molecule has 0 aliphatic carbocycles. The van der Waals surface area contributed by atoms with Gasteiger partial charge in [0.15, 0.2) is 5.17 Å². The summed E-state index contributed by atoms with van der Waals surface area (Å²) in [6.07, 6.45) is 0. The zero-order chi connectivity index (χ0) is 12.2. The molecule has 0 aromatic heterocycles. The van der Waals surface area contributed by atoms with Crippen LogP contribution >= 0.6 is 23.5 Å². The molecule has 1 rings (SSSR count). The van der Waals surface area contributed by atoms with Crippen molar-refractivity contribution in [2.45, 2.75) is 25.4 Å². The number of hydrogen-bond acceptors (Lipinski definition) is 3. The second kappa shape index (κ2) is 6.05. The van der Waals surface area contributed by atoms with Gasteiger partial charge in [0.25, 0.3) is 0 Å². The second-order valence-electron chi connectivity index (χ2n) is 3.79. The summed E-state index contributed by atoms with van der Waals surface area (Å²) in [5.74, 6) is 1.45. The Morgan fingerprint density at radius 2 is 2.25 bits per heavy atom. The lowest BCUT2D eigenvalue weighted by atomic mass is 10.1. The maximum atomic E-state index is 11.8. The van der Waals surface area contributed by atoms with Gasteiger partial charge in [0.2, 0.25) is 0 Å². The van der Waals surface area contributed by atoms with Gasteiger partial charge in [-0.3, -0.25) is 4.99 Å². The van der Waals surface area contributed by atoms with Gasteiger partial charge in [0.05, 0.1) is 6.54 Å². The molecule has 94 valence electrons. The minimum Gasteiger partial charge on any atom is -0.361 e. The van der Waals surface area contributed by atoms with E-state index >= 15 is 0 Å². The van der Waals surface area contributed by atoms with Crippen molar-refractivity contribution in [3.05, 3.63) is 0 Å². The zero-order valence-electron chi connectivity index (χ0n) is 9.17. The first-order valence-electron chi connectivity index (χ1n) is 5.03. The summed E-state index contributed by atoms with van der Waals surface area (Å²) in [5, 5.41) is 3.99. The molecule has 1 unspecified atom stereocenters. The molecule has 1 N–H and O–H groups in total. The largest absolute Gasteiger partial charge is 0.441 e. The van der Waals surface area contributed by atoms with Crippen LogP contribution in [0.15, 0.2) is 4.99 Å². The first-order chi connectivity index (χ1) is 7.38. The molecule has 16 heavy (non-hydrogen) atoms. The Labute approximate surface area is 102 Å². The summed E-state index contributed by atoms with van der Waals surface area (Å²) in [7, 11) is 0. The summed E-state index contributed by atoms with van der Waals surface area (Å²) in [4.78, 5) is 4.11. The lowest BCUT2D eigenvalue weighted by Crippen LogP contribution is -2.31. The highest BCUT2D eigenvalue weighted by Gasteiger charge is 2.27. The van der Waals surface area contributed by atoms with Gasteiger partial charge in [-0.05, 0) is 17.7 Å². The van der Waals surface area contributed by atoms with Crippen LogP contribution in [-0.4, -0.2) is 34.8 Å². The third kappa shape index (κ3) is 5.34. The summed E-state index contributed by atoms with van der Waals surface area (Å²) in [5.41, 5.74) is -4.14. The Hall–Kier alpha value is -0.0400. The van der Waals surface area contributed by atoms with E-state index in [2.05, 4.69) is 24.2 Å². The van der Waals surface area contributed by atoms with E-state index in [0.717, 1.165) is 10.9 Å². The first kappa shape index (κ1) is 14.0. The molecule has 2 nitrogen and oxygen atoms in total. The highest BCUT2D eigenvalue weighted by Crippen LogP contribution is 2.29. The predicted molar refractivity (Wildman–Crippen MR) is 65.0 cm³/mol. The average molecular weight is 272 g/mol. The maximum absolute atomic E-state index is 11.8. The maximum Gasteiger partial charge on any atom is 0.441 e. The molecular weight excluding hydrogens is 257 g/mol. The van der Waals surface area contributed by atoms with Gasteiger partial charge in [0.1, 0.15) is 0 Å². The third-order valence-corrected chi connectivity index (χ3v) is 3.89. The van der Waals surface area contributed by atoms with Crippen molar-refractivity contribution < 1.29 is 13.2 Å². The van der Waals surface area contributed by atoms with Crippen LogP contribution in [-0.2, 0) is 0 Å². The highest BCUT2D eigenvalue weighted by atomic mass is 32.2. The van der Waals surface area contributed by atoms with Gasteiger partial charge in [0, 0.05) is 17.5 Å². The second-order valence-corrected chi connectivity index (χ2v) is 5.96. The number of halogens is 3. The van der Waals surface area contributed by atoms with E-state index in [1.54, 1.807) is 11.8 Å². The fraction of sp³-hybridized carbons (Fsp3) is 0.889. The van der Waals surface area contributed by atoms with Crippen molar-refractivity contribution in [1.82, 2.24) is 5.32 Å². The highest BCUT2D eigenvalue weighted by molar-refractivity contribution is 8.14. The molecule has 7 heteroatoms. The van der Waals surface area contributed by atoms with Gasteiger partial charge >= 0.3 is 5.51 Å². The lowest BCUT2D eigenvalue weighted by Gasteiger charge is -2.13. The van der Waals surface area contributed by atoms with Gasteiger partial charge in [-0.1, -0.05) is 25.6 Å². The summed E-state index contributed by atoms with van der Waals surface area (Å²) >= 11 is 1.57. The van der Waals surface area contributed by atoms with Crippen molar-refractivity contribution in [3.63, 3.8) is 0 Å². The molecule has 1 heterocycles. The molecule has 0 bridgehead atoms. The smallest absolute Gasteiger partial charge is 0.361 e. The normalized spacial score (nSPS) is 24.1. The number of aliphatic imine (C=N–C) groups is 1. The van der Waals surface area contributed by atoms with Gasteiger partial charge in [-0.25, -0.2) is 0 Å². The Balaban J connectivity index is 2.22. The van der Waals surface area contributed by atoms with Gasteiger partial charge < -0.3 is 5.32 Å². The van der Waals surface area contributed by atoms with E-state index in [0.29, 0.717) is 12.0 Å². The molecule has 1 atom stereocenters. The van der Waals surface area contributed by atoms with Crippen molar-refractivity contribution in [2.75, 3.05) is 18.1 Å². The van der Waals surface area contributed by atoms with Crippen LogP contribution in [0, 0.1) is 5.92 Å². The summed E-state index contributed by atoms with van der Waals surface area (Å²) in [6, 6.07) is 0.388. The van der Waals surface area contributed by atoms with Crippen LogP contribution in [0.1, 0.15) is 13.8 Å². The molecule has 0 amide bonds. The number of thioether (sulfide) groups is 2. The first-order valence-corrected chi connectivity index (χ1v) is 7.00. The van der Waals surface area contributed by atoms with Crippen molar-refractivity contribution in [2.24, 2.45) is 10.9 Å². The zero-order valence-corrected chi connectivity index (χ0v) is 10.8. The molecular formula is C9H15F3N2S2. The molecule has 0 saturated carbocycles. The number of alkyl halides is 3. The predicted octanol–water partition coefficient (Wildman–Crippen LogP) is 2.96. The Bertz CT molecular complexity index is 254. The molecule has 1 aliphatic rings. The molecule has 1 aliphatic heterocycles. The number of amidine groups is 1. The quantitative estimate of drug-likeness (QED) is 0.796. The standard InChI is InChI=1S/C9H15F3N2S2/c1-6(2)7-5-15-8(14-7)13-3-4-16-9(10,11)12/h6-7H,3-5H2,1-2H3,(H,13,14). The number of nitrogens with zero attached hydrogens (tertiary/aromatic N) is 1. The number of nitrogens with one attached hydrogen (secondary N) is 1. The van der Waals surface area contributed by atoms with Crippen LogP contribution in [0.2, 0.25) is 0 Å². The van der Waals surface area contributed by atoms with Gasteiger partial charge in [-0.15, -0.1) is 0 Å². The minimum absolute atomic E-state index is 0.0123. The number of hydrogen-bond donors (Lipinski definition) is 1. The van der Waals surface area contributed by atoms with E-state index in [9.17, 15) is 13.2 Å².